The van der Waals surface area contributed by atoms with Crippen LogP contribution in [0.5, 0.6) is 0 Å². The average Bonchev–Trinajstić information content (AvgIpc) is 2.63. The summed E-state index contributed by atoms with van der Waals surface area (Å²) in [6, 6.07) is 7.26. The van der Waals surface area contributed by atoms with Crippen molar-refractivity contribution >= 4 is 17.3 Å². The Hall–Kier alpha value is -1.59. The smallest absolute Gasteiger partial charge is 0.224 e. The molecule has 1 amide bonds. The highest BCUT2D eigenvalue weighted by atomic mass is 16.5. The summed E-state index contributed by atoms with van der Waals surface area (Å²) in [7, 11) is 0. The molecule has 116 valence electrons. The van der Waals surface area contributed by atoms with Crippen LogP contribution in [0.2, 0.25) is 0 Å². The summed E-state index contributed by atoms with van der Waals surface area (Å²) >= 11 is 0. The fourth-order valence-electron chi connectivity index (χ4n) is 2.59. The van der Waals surface area contributed by atoms with E-state index < -0.39 is 0 Å². The van der Waals surface area contributed by atoms with Crippen molar-refractivity contribution in [3.63, 3.8) is 0 Å². The van der Waals surface area contributed by atoms with Crippen molar-refractivity contribution in [2.24, 2.45) is 0 Å². The van der Waals surface area contributed by atoms with Crippen molar-refractivity contribution in [2.75, 3.05) is 37.3 Å². The van der Waals surface area contributed by atoms with Crippen LogP contribution in [0.15, 0.2) is 24.3 Å². The molecule has 0 spiro atoms. The molecule has 1 fully saturated rings. The third-order valence-corrected chi connectivity index (χ3v) is 3.58. The van der Waals surface area contributed by atoms with Gasteiger partial charge in [-0.3, -0.25) is 4.79 Å². The second kappa shape index (κ2) is 8.00. The van der Waals surface area contributed by atoms with Gasteiger partial charge in [0.05, 0.1) is 6.10 Å². The molecule has 0 aliphatic carbocycles. The molecule has 0 bridgehead atoms. The predicted octanol–water partition coefficient (Wildman–Crippen LogP) is 2.10. The van der Waals surface area contributed by atoms with Gasteiger partial charge in [-0.25, -0.2) is 0 Å². The molecule has 1 saturated heterocycles. The summed E-state index contributed by atoms with van der Waals surface area (Å²) < 4.78 is 5.62. The fourth-order valence-corrected chi connectivity index (χ4v) is 2.59. The Morgan fingerprint density at radius 2 is 2.38 bits per heavy atom. The maximum Gasteiger partial charge on any atom is 0.224 e. The summed E-state index contributed by atoms with van der Waals surface area (Å²) in [6.07, 6.45) is 2.75. The van der Waals surface area contributed by atoms with Crippen LogP contribution in [0, 0.1) is 0 Å². The lowest BCUT2D eigenvalue weighted by atomic mass is 10.2. The highest BCUT2D eigenvalue weighted by molar-refractivity contribution is 5.91. The summed E-state index contributed by atoms with van der Waals surface area (Å²) in [5, 5.41) is 2.88. The van der Waals surface area contributed by atoms with Crippen molar-refractivity contribution in [2.45, 2.75) is 32.3 Å². The van der Waals surface area contributed by atoms with Crippen molar-refractivity contribution in [1.82, 2.24) is 4.90 Å². The predicted molar refractivity (Wildman–Crippen MR) is 85.2 cm³/mol. The van der Waals surface area contributed by atoms with E-state index in [2.05, 4.69) is 17.1 Å². The number of hydrogen-bond acceptors (Lipinski definition) is 4. The Balaban J connectivity index is 1.69. The molecule has 1 atom stereocenters. The normalized spacial score (nSPS) is 20.0. The van der Waals surface area contributed by atoms with Crippen molar-refractivity contribution in [3.05, 3.63) is 24.3 Å². The number of amides is 1. The van der Waals surface area contributed by atoms with Crippen molar-refractivity contribution < 1.29 is 9.53 Å². The minimum Gasteiger partial charge on any atom is -0.399 e. The number of rotatable bonds is 5. The van der Waals surface area contributed by atoms with Gasteiger partial charge in [0, 0.05) is 37.5 Å². The van der Waals surface area contributed by atoms with E-state index in [-0.39, 0.29) is 12.0 Å². The van der Waals surface area contributed by atoms with Gasteiger partial charge in [-0.1, -0.05) is 6.07 Å². The number of nitrogens with one attached hydrogen (secondary N) is 1. The second-order valence-electron chi connectivity index (χ2n) is 5.61. The minimum absolute atomic E-state index is 0.0414. The molecule has 21 heavy (non-hydrogen) atoms. The Labute approximate surface area is 126 Å². The number of anilines is 2. The zero-order valence-corrected chi connectivity index (χ0v) is 12.7. The first kappa shape index (κ1) is 15.8. The molecule has 1 aromatic rings. The lowest BCUT2D eigenvalue weighted by molar-refractivity contribution is -0.116. The summed E-state index contributed by atoms with van der Waals surface area (Å²) in [4.78, 5) is 14.3. The quantitative estimate of drug-likeness (QED) is 0.815. The largest absolute Gasteiger partial charge is 0.399 e. The molecule has 0 radical (unpaired) electrons. The molecular formula is C16H25N3O2. The van der Waals surface area contributed by atoms with E-state index >= 15 is 0 Å². The van der Waals surface area contributed by atoms with E-state index in [9.17, 15) is 4.79 Å². The third-order valence-electron chi connectivity index (χ3n) is 3.58. The highest BCUT2D eigenvalue weighted by Gasteiger charge is 2.14. The number of nitrogens with zero attached hydrogens (tertiary/aromatic N) is 1. The third kappa shape index (κ3) is 5.73. The molecule has 0 aromatic heterocycles. The van der Waals surface area contributed by atoms with Crippen LogP contribution in [0.4, 0.5) is 11.4 Å². The van der Waals surface area contributed by atoms with Gasteiger partial charge in [-0.05, 0) is 44.5 Å². The van der Waals surface area contributed by atoms with E-state index in [0.717, 1.165) is 44.8 Å². The van der Waals surface area contributed by atoms with Crippen LogP contribution in [0.3, 0.4) is 0 Å². The summed E-state index contributed by atoms with van der Waals surface area (Å²) in [5.74, 6) is 0.0414. The lowest BCUT2D eigenvalue weighted by Gasteiger charge is -2.21. The molecule has 1 aliphatic rings. The highest BCUT2D eigenvalue weighted by Crippen LogP contribution is 2.12. The van der Waals surface area contributed by atoms with E-state index in [1.807, 2.05) is 12.1 Å². The topological polar surface area (TPSA) is 67.6 Å². The van der Waals surface area contributed by atoms with E-state index in [1.165, 1.54) is 0 Å². The fraction of sp³-hybridized carbons (Fsp3) is 0.562. The van der Waals surface area contributed by atoms with Gasteiger partial charge in [0.1, 0.15) is 0 Å². The number of benzene rings is 1. The Morgan fingerprint density at radius 1 is 1.52 bits per heavy atom. The number of carbonyl (C=O) groups is 1. The Bertz CT molecular complexity index is 465. The van der Waals surface area contributed by atoms with E-state index in [4.69, 9.17) is 10.5 Å². The maximum absolute atomic E-state index is 11.9. The number of nitrogen functional groups attached to an aromatic ring is 1. The van der Waals surface area contributed by atoms with Crippen LogP contribution < -0.4 is 11.1 Å². The van der Waals surface area contributed by atoms with Crippen molar-refractivity contribution in [3.8, 4) is 0 Å². The number of ether oxygens (including phenoxy) is 1. The summed E-state index contributed by atoms with van der Waals surface area (Å²) in [5.41, 5.74) is 7.11. The Morgan fingerprint density at radius 3 is 3.19 bits per heavy atom. The first-order valence-electron chi connectivity index (χ1n) is 7.63. The summed E-state index contributed by atoms with van der Waals surface area (Å²) in [6.45, 7) is 5.90. The molecule has 5 nitrogen and oxygen atoms in total. The van der Waals surface area contributed by atoms with Gasteiger partial charge in [-0.15, -0.1) is 0 Å². The van der Waals surface area contributed by atoms with Gasteiger partial charge in [0.15, 0.2) is 0 Å². The molecule has 1 aliphatic heterocycles. The zero-order valence-electron chi connectivity index (χ0n) is 12.7. The molecule has 0 saturated carbocycles. The number of hydrogen-bond donors (Lipinski definition) is 2. The van der Waals surface area contributed by atoms with Crippen LogP contribution in [-0.4, -0.2) is 43.2 Å². The number of nitrogens with two attached hydrogens (primary N) is 1. The Kier molecular flexibility index (Phi) is 6.02. The molecule has 1 heterocycles. The van der Waals surface area contributed by atoms with Crippen molar-refractivity contribution in [1.29, 1.82) is 0 Å². The molecule has 5 heteroatoms. The van der Waals surface area contributed by atoms with Crippen LogP contribution in [0.1, 0.15) is 26.2 Å². The zero-order chi connectivity index (χ0) is 15.1. The van der Waals surface area contributed by atoms with Gasteiger partial charge in [0.2, 0.25) is 5.91 Å². The average molecular weight is 291 g/mol. The molecule has 1 unspecified atom stereocenters. The monoisotopic (exact) mass is 291 g/mol. The van der Waals surface area contributed by atoms with Crippen LogP contribution in [-0.2, 0) is 9.53 Å². The molecule has 1 aromatic carbocycles. The molecule has 3 N–H and O–H groups in total. The standard InChI is InChI=1S/C16H25N3O2/c1-13-12-19(9-4-10-21-13)8-3-7-16(20)18-15-6-2-5-14(17)11-15/h2,5-6,11,13H,3-4,7-10,12,17H2,1H3,(H,18,20). The number of carbonyl (C=O) groups excluding carboxylic acids is 1. The van der Waals surface area contributed by atoms with Gasteiger partial charge < -0.3 is 20.7 Å². The van der Waals surface area contributed by atoms with Crippen LogP contribution in [0.25, 0.3) is 0 Å². The van der Waals surface area contributed by atoms with E-state index in [0.29, 0.717) is 12.1 Å². The van der Waals surface area contributed by atoms with E-state index in [1.54, 1.807) is 12.1 Å². The minimum atomic E-state index is 0.0414. The lowest BCUT2D eigenvalue weighted by Crippen LogP contribution is -2.31. The first-order chi connectivity index (χ1) is 10.1. The maximum atomic E-state index is 11.9. The first-order valence-corrected chi connectivity index (χ1v) is 7.63. The van der Waals surface area contributed by atoms with Gasteiger partial charge in [-0.2, -0.15) is 0 Å². The molecular weight excluding hydrogens is 266 g/mol. The van der Waals surface area contributed by atoms with Gasteiger partial charge >= 0.3 is 0 Å². The van der Waals surface area contributed by atoms with Crippen LogP contribution >= 0.6 is 0 Å². The second-order valence-corrected chi connectivity index (χ2v) is 5.61. The SMILES string of the molecule is CC1CN(CCCC(=O)Nc2cccc(N)c2)CCCO1. The molecule has 2 rings (SSSR count). The van der Waals surface area contributed by atoms with Gasteiger partial charge in [0.25, 0.3) is 0 Å².